The second kappa shape index (κ2) is 6.75. The fourth-order valence-corrected chi connectivity index (χ4v) is 2.39. The van der Waals surface area contributed by atoms with Crippen molar-refractivity contribution in [3.63, 3.8) is 0 Å². The van der Waals surface area contributed by atoms with E-state index < -0.39 is 18.6 Å². The Kier molecular flexibility index (Phi) is 4.66. The van der Waals surface area contributed by atoms with Crippen LogP contribution in [0, 0.1) is 0 Å². The number of amides is 1. The summed E-state index contributed by atoms with van der Waals surface area (Å²) in [6.45, 7) is -0.893. The van der Waals surface area contributed by atoms with Gasteiger partial charge in [-0.2, -0.15) is 23.4 Å². The molecule has 3 aromatic rings. The van der Waals surface area contributed by atoms with Crippen LogP contribution in [0.1, 0.15) is 16.3 Å². The van der Waals surface area contributed by atoms with Gasteiger partial charge in [-0.25, -0.2) is 0 Å². The zero-order valence-corrected chi connectivity index (χ0v) is 14.1. The second-order valence-corrected chi connectivity index (χ2v) is 6.03. The minimum atomic E-state index is -4.38. The summed E-state index contributed by atoms with van der Waals surface area (Å²) in [5.74, 6) is -0.0437. The first-order valence-electron chi connectivity index (χ1n) is 6.96. The summed E-state index contributed by atoms with van der Waals surface area (Å²) in [5, 5.41) is 10.1. The zero-order valence-electron chi connectivity index (χ0n) is 12.5. The van der Waals surface area contributed by atoms with Crippen LogP contribution in [0.3, 0.4) is 0 Å². The van der Waals surface area contributed by atoms with Gasteiger partial charge in [0.15, 0.2) is 5.76 Å². The van der Waals surface area contributed by atoms with E-state index in [0.29, 0.717) is 17.0 Å². The molecule has 3 heterocycles. The highest BCUT2D eigenvalue weighted by Gasteiger charge is 2.28. The van der Waals surface area contributed by atoms with Gasteiger partial charge >= 0.3 is 6.18 Å². The van der Waals surface area contributed by atoms with Gasteiger partial charge in [-0.3, -0.25) is 14.2 Å². The molecule has 0 saturated carbocycles. The minimum Gasteiger partial charge on any atom is -0.454 e. The molecule has 0 spiro atoms. The Hall–Kier alpha value is -2.56. The normalized spacial score (nSPS) is 11.7. The molecule has 0 aliphatic rings. The number of hydrogen-bond acceptors (Lipinski definition) is 4. The number of carbonyl (C=O) groups is 1. The van der Waals surface area contributed by atoms with Gasteiger partial charge in [0.05, 0.1) is 29.1 Å². The van der Waals surface area contributed by atoms with Crippen LogP contribution >= 0.6 is 15.9 Å². The van der Waals surface area contributed by atoms with Gasteiger partial charge in [0.1, 0.15) is 12.3 Å². The number of aromatic nitrogens is 4. The molecule has 0 aliphatic heterocycles. The van der Waals surface area contributed by atoms with E-state index in [4.69, 9.17) is 4.42 Å². The standard InChI is InChI=1S/C14H11BrF3N5O2/c15-9-3-19-22(5-9)7-11-1-2-12(25-11)13(24)21-10-4-20-23(6-10)8-14(16,17)18/h1-6H,7-8H2,(H,21,24). The Balaban J connectivity index is 1.62. The number of carbonyl (C=O) groups excluding carboxylic acids is 1. The predicted molar refractivity (Wildman–Crippen MR) is 84.0 cm³/mol. The number of rotatable bonds is 5. The van der Waals surface area contributed by atoms with Gasteiger partial charge in [0.25, 0.3) is 5.91 Å². The highest BCUT2D eigenvalue weighted by Crippen LogP contribution is 2.19. The maximum Gasteiger partial charge on any atom is 0.408 e. The SMILES string of the molecule is O=C(Nc1cnn(CC(F)(F)F)c1)c1ccc(Cn2cc(Br)cn2)o1. The lowest BCUT2D eigenvalue weighted by molar-refractivity contribution is -0.142. The number of anilines is 1. The zero-order chi connectivity index (χ0) is 18.0. The van der Waals surface area contributed by atoms with Crippen LogP contribution in [0.25, 0.3) is 0 Å². The molecule has 0 aromatic carbocycles. The van der Waals surface area contributed by atoms with Gasteiger partial charge in [-0.1, -0.05) is 0 Å². The molecule has 0 radical (unpaired) electrons. The highest BCUT2D eigenvalue weighted by atomic mass is 79.9. The maximum atomic E-state index is 12.3. The first-order valence-corrected chi connectivity index (χ1v) is 7.75. The second-order valence-electron chi connectivity index (χ2n) is 5.12. The van der Waals surface area contributed by atoms with Gasteiger partial charge in [0, 0.05) is 12.4 Å². The van der Waals surface area contributed by atoms with Crippen LogP contribution in [0.5, 0.6) is 0 Å². The first-order chi connectivity index (χ1) is 11.8. The minimum absolute atomic E-state index is 0.0322. The summed E-state index contributed by atoms with van der Waals surface area (Å²) in [4.78, 5) is 12.1. The molecule has 1 amide bonds. The van der Waals surface area contributed by atoms with Crippen molar-refractivity contribution in [2.24, 2.45) is 0 Å². The Labute approximate surface area is 147 Å². The third kappa shape index (κ3) is 4.72. The molecule has 25 heavy (non-hydrogen) atoms. The molecule has 0 aliphatic carbocycles. The van der Waals surface area contributed by atoms with Crippen LogP contribution in [0.2, 0.25) is 0 Å². The van der Waals surface area contributed by atoms with Crippen molar-refractivity contribution in [2.45, 2.75) is 19.3 Å². The van der Waals surface area contributed by atoms with Crippen molar-refractivity contribution in [1.82, 2.24) is 19.6 Å². The molecule has 132 valence electrons. The van der Waals surface area contributed by atoms with Gasteiger partial charge in [0.2, 0.25) is 0 Å². The van der Waals surface area contributed by atoms with Crippen LogP contribution in [-0.4, -0.2) is 31.6 Å². The third-order valence-corrected chi connectivity index (χ3v) is 3.45. The highest BCUT2D eigenvalue weighted by molar-refractivity contribution is 9.10. The summed E-state index contributed by atoms with van der Waals surface area (Å²) >= 11 is 3.27. The summed E-state index contributed by atoms with van der Waals surface area (Å²) < 4.78 is 45.4. The molecule has 0 fully saturated rings. The van der Waals surface area contributed by atoms with Crippen molar-refractivity contribution < 1.29 is 22.4 Å². The maximum absolute atomic E-state index is 12.3. The van der Waals surface area contributed by atoms with Crippen LogP contribution in [0.4, 0.5) is 18.9 Å². The van der Waals surface area contributed by atoms with E-state index in [0.717, 1.165) is 16.9 Å². The quantitative estimate of drug-likeness (QED) is 0.690. The average Bonchev–Trinajstić information content (AvgIpc) is 3.21. The third-order valence-electron chi connectivity index (χ3n) is 3.04. The van der Waals surface area contributed by atoms with E-state index in [-0.39, 0.29) is 11.4 Å². The number of nitrogens with one attached hydrogen (secondary N) is 1. The van der Waals surface area contributed by atoms with E-state index in [1.165, 1.54) is 6.07 Å². The van der Waals surface area contributed by atoms with Crippen molar-refractivity contribution in [2.75, 3.05) is 5.32 Å². The fraction of sp³-hybridized carbons (Fsp3) is 0.214. The van der Waals surface area contributed by atoms with Gasteiger partial charge < -0.3 is 9.73 Å². The average molecular weight is 418 g/mol. The van der Waals surface area contributed by atoms with Crippen LogP contribution in [-0.2, 0) is 13.1 Å². The topological polar surface area (TPSA) is 77.9 Å². The monoisotopic (exact) mass is 417 g/mol. The molecule has 7 nitrogen and oxygen atoms in total. The largest absolute Gasteiger partial charge is 0.454 e. The Morgan fingerprint density at radius 2 is 1.96 bits per heavy atom. The molecule has 0 atom stereocenters. The molecule has 3 rings (SSSR count). The smallest absolute Gasteiger partial charge is 0.408 e. The predicted octanol–water partition coefficient (Wildman–Crippen LogP) is 3.30. The number of alkyl halides is 3. The van der Waals surface area contributed by atoms with Crippen molar-refractivity contribution >= 4 is 27.5 Å². The first kappa shape index (κ1) is 17.3. The van der Waals surface area contributed by atoms with E-state index in [2.05, 4.69) is 31.4 Å². The Bertz CT molecular complexity index is 883. The summed E-state index contributed by atoms with van der Waals surface area (Å²) in [5.41, 5.74) is 0.142. The van der Waals surface area contributed by atoms with Gasteiger partial charge in [-0.05, 0) is 28.1 Å². The molecule has 11 heteroatoms. The van der Waals surface area contributed by atoms with Crippen LogP contribution in [0.15, 0.2) is 45.8 Å². The number of hydrogen-bond donors (Lipinski definition) is 1. The molecule has 3 aromatic heterocycles. The van der Waals surface area contributed by atoms with Crippen molar-refractivity contribution in [1.29, 1.82) is 0 Å². The van der Waals surface area contributed by atoms with Crippen molar-refractivity contribution in [3.8, 4) is 0 Å². The number of halogens is 4. The molecule has 1 N–H and O–H groups in total. The van der Waals surface area contributed by atoms with E-state index >= 15 is 0 Å². The summed E-state index contributed by atoms with van der Waals surface area (Å²) in [6, 6.07) is 3.10. The molecule has 0 bridgehead atoms. The van der Waals surface area contributed by atoms with Gasteiger partial charge in [-0.15, -0.1) is 0 Å². The number of furan rings is 1. The lowest BCUT2D eigenvalue weighted by Crippen LogP contribution is -2.17. The van der Waals surface area contributed by atoms with Crippen LogP contribution < -0.4 is 5.32 Å². The summed E-state index contributed by atoms with van der Waals surface area (Å²) in [7, 11) is 0. The number of nitrogens with zero attached hydrogens (tertiary/aromatic N) is 4. The Morgan fingerprint density at radius 1 is 1.20 bits per heavy atom. The van der Waals surface area contributed by atoms with Crippen molar-refractivity contribution in [3.05, 3.63) is 52.9 Å². The Morgan fingerprint density at radius 3 is 2.64 bits per heavy atom. The van der Waals surface area contributed by atoms with E-state index in [9.17, 15) is 18.0 Å². The molecule has 0 unspecified atom stereocenters. The molecular formula is C14H11BrF3N5O2. The van der Waals surface area contributed by atoms with E-state index in [1.54, 1.807) is 23.1 Å². The molecular weight excluding hydrogens is 407 g/mol. The fourth-order valence-electron chi connectivity index (χ4n) is 2.06. The lowest BCUT2D eigenvalue weighted by Gasteiger charge is -2.05. The lowest BCUT2D eigenvalue weighted by atomic mass is 10.4. The molecule has 0 saturated heterocycles. The summed E-state index contributed by atoms with van der Waals surface area (Å²) in [6.07, 6.45) is 1.21. The van der Waals surface area contributed by atoms with E-state index in [1.807, 2.05) is 0 Å².